The highest BCUT2D eigenvalue weighted by Gasteiger charge is 2.20. The molecule has 0 aliphatic carbocycles. The quantitative estimate of drug-likeness (QED) is 0.905. The van der Waals surface area contributed by atoms with Gasteiger partial charge in [-0.15, -0.1) is 0 Å². The van der Waals surface area contributed by atoms with Gasteiger partial charge in [-0.3, -0.25) is 4.90 Å². The van der Waals surface area contributed by atoms with Crippen LogP contribution < -0.4 is 14.8 Å². The molecule has 0 amide bonds. The summed E-state index contributed by atoms with van der Waals surface area (Å²) in [6.45, 7) is 6.73. The number of nitrogens with one attached hydrogen (secondary N) is 1. The molecule has 0 unspecified atom stereocenters. The molecule has 1 fully saturated rings. The highest BCUT2D eigenvalue weighted by Crippen LogP contribution is 2.37. The van der Waals surface area contributed by atoms with Crippen LogP contribution in [-0.4, -0.2) is 37.4 Å². The zero-order valence-electron chi connectivity index (χ0n) is 10.4. The summed E-state index contributed by atoms with van der Waals surface area (Å²) in [5.41, 5.74) is 1.26. The first kappa shape index (κ1) is 12.3. The lowest BCUT2D eigenvalue weighted by molar-refractivity contribution is 0.173. The van der Waals surface area contributed by atoms with E-state index in [1.54, 1.807) is 0 Å². The van der Waals surface area contributed by atoms with E-state index >= 15 is 0 Å². The molecule has 5 heteroatoms. The molecule has 1 N–H and O–H groups in total. The first-order valence-corrected chi connectivity index (χ1v) is 7.05. The molecule has 1 aromatic rings. The SMILES string of the molecule is C[C@@H]1CN(Cc2cc3c(cc2Br)OCO3)CCN1. The fourth-order valence-corrected chi connectivity index (χ4v) is 2.92. The summed E-state index contributed by atoms with van der Waals surface area (Å²) in [5.74, 6) is 1.69. The van der Waals surface area contributed by atoms with Crippen LogP contribution in [0.1, 0.15) is 12.5 Å². The second-order valence-electron chi connectivity index (χ2n) is 4.89. The van der Waals surface area contributed by atoms with E-state index in [4.69, 9.17) is 9.47 Å². The van der Waals surface area contributed by atoms with Gasteiger partial charge in [-0.25, -0.2) is 0 Å². The standard InChI is InChI=1S/C13H17BrN2O2/c1-9-6-16(3-2-15-9)7-10-4-12-13(5-11(10)14)18-8-17-12/h4-5,9,15H,2-3,6-8H2,1H3/t9-/m1/s1. The van der Waals surface area contributed by atoms with E-state index in [2.05, 4.69) is 39.1 Å². The molecule has 3 rings (SSSR count). The minimum atomic E-state index is 0.329. The molecule has 1 saturated heterocycles. The van der Waals surface area contributed by atoms with Crippen molar-refractivity contribution in [2.24, 2.45) is 0 Å². The van der Waals surface area contributed by atoms with E-state index in [0.717, 1.165) is 42.2 Å². The Balaban J connectivity index is 1.76. The predicted octanol–water partition coefficient (Wildman–Crippen LogP) is 1.97. The summed E-state index contributed by atoms with van der Waals surface area (Å²) in [5, 5.41) is 3.46. The second kappa shape index (κ2) is 5.07. The number of ether oxygens (including phenoxy) is 2. The van der Waals surface area contributed by atoms with Gasteiger partial charge in [-0.2, -0.15) is 0 Å². The van der Waals surface area contributed by atoms with Crippen molar-refractivity contribution in [3.05, 3.63) is 22.2 Å². The Morgan fingerprint density at radius 1 is 1.39 bits per heavy atom. The van der Waals surface area contributed by atoms with Crippen molar-refractivity contribution in [2.45, 2.75) is 19.5 Å². The minimum absolute atomic E-state index is 0.329. The molecule has 0 bridgehead atoms. The van der Waals surface area contributed by atoms with Gasteiger partial charge in [0.15, 0.2) is 11.5 Å². The number of nitrogens with zero attached hydrogens (tertiary/aromatic N) is 1. The minimum Gasteiger partial charge on any atom is -0.454 e. The van der Waals surface area contributed by atoms with Gasteiger partial charge < -0.3 is 14.8 Å². The summed E-state index contributed by atoms with van der Waals surface area (Å²) >= 11 is 3.61. The molecule has 0 aromatic heterocycles. The maximum atomic E-state index is 5.43. The molecule has 0 spiro atoms. The van der Waals surface area contributed by atoms with Crippen LogP contribution in [0.3, 0.4) is 0 Å². The molecule has 18 heavy (non-hydrogen) atoms. The number of hydrogen-bond acceptors (Lipinski definition) is 4. The first-order valence-electron chi connectivity index (χ1n) is 6.26. The molecule has 2 aliphatic heterocycles. The van der Waals surface area contributed by atoms with Gasteiger partial charge >= 0.3 is 0 Å². The average molecular weight is 313 g/mol. The molecule has 0 saturated carbocycles. The predicted molar refractivity (Wildman–Crippen MR) is 73.0 cm³/mol. The fraction of sp³-hybridized carbons (Fsp3) is 0.538. The topological polar surface area (TPSA) is 33.7 Å². The number of benzene rings is 1. The van der Waals surface area contributed by atoms with Crippen molar-refractivity contribution < 1.29 is 9.47 Å². The maximum absolute atomic E-state index is 5.43. The molecule has 1 aromatic carbocycles. The smallest absolute Gasteiger partial charge is 0.231 e. The van der Waals surface area contributed by atoms with Crippen LogP contribution in [0.2, 0.25) is 0 Å². The van der Waals surface area contributed by atoms with Gasteiger partial charge in [0.25, 0.3) is 0 Å². The van der Waals surface area contributed by atoms with E-state index in [1.807, 2.05) is 6.07 Å². The highest BCUT2D eigenvalue weighted by molar-refractivity contribution is 9.10. The van der Waals surface area contributed by atoms with Crippen molar-refractivity contribution in [1.29, 1.82) is 0 Å². The van der Waals surface area contributed by atoms with Crippen LogP contribution in [0.25, 0.3) is 0 Å². The lowest BCUT2D eigenvalue weighted by atomic mass is 10.1. The van der Waals surface area contributed by atoms with Crippen molar-refractivity contribution in [3.8, 4) is 11.5 Å². The summed E-state index contributed by atoms with van der Waals surface area (Å²) in [4.78, 5) is 2.46. The molecule has 0 radical (unpaired) electrons. The number of piperazine rings is 1. The lowest BCUT2D eigenvalue weighted by Gasteiger charge is -2.32. The van der Waals surface area contributed by atoms with E-state index in [0.29, 0.717) is 12.8 Å². The van der Waals surface area contributed by atoms with Crippen LogP contribution in [-0.2, 0) is 6.54 Å². The zero-order chi connectivity index (χ0) is 12.5. The molecular weight excluding hydrogens is 296 g/mol. The second-order valence-corrected chi connectivity index (χ2v) is 5.74. The molecule has 98 valence electrons. The van der Waals surface area contributed by atoms with Gasteiger partial charge in [0.2, 0.25) is 6.79 Å². The van der Waals surface area contributed by atoms with Crippen molar-refractivity contribution >= 4 is 15.9 Å². The Bertz CT molecular complexity index is 453. The van der Waals surface area contributed by atoms with Crippen molar-refractivity contribution in [1.82, 2.24) is 10.2 Å². The normalized spacial score (nSPS) is 23.3. The van der Waals surface area contributed by atoms with Crippen LogP contribution in [0.15, 0.2) is 16.6 Å². The van der Waals surface area contributed by atoms with E-state index in [-0.39, 0.29) is 0 Å². The van der Waals surface area contributed by atoms with E-state index in [1.165, 1.54) is 5.56 Å². The maximum Gasteiger partial charge on any atom is 0.231 e. The third-order valence-electron chi connectivity index (χ3n) is 3.39. The Hall–Kier alpha value is -0.780. The Labute approximate surface area is 115 Å². The summed E-state index contributed by atoms with van der Waals surface area (Å²) in [6.07, 6.45) is 0. The largest absolute Gasteiger partial charge is 0.454 e. The monoisotopic (exact) mass is 312 g/mol. The van der Waals surface area contributed by atoms with E-state index < -0.39 is 0 Å². The first-order chi connectivity index (χ1) is 8.72. The molecule has 1 atom stereocenters. The van der Waals surface area contributed by atoms with Crippen LogP contribution >= 0.6 is 15.9 Å². The number of rotatable bonds is 2. The summed E-state index contributed by atoms with van der Waals surface area (Å²) in [7, 11) is 0. The third kappa shape index (κ3) is 2.48. The highest BCUT2D eigenvalue weighted by atomic mass is 79.9. The van der Waals surface area contributed by atoms with Crippen LogP contribution in [0.5, 0.6) is 11.5 Å². The van der Waals surface area contributed by atoms with Gasteiger partial charge in [-0.1, -0.05) is 15.9 Å². The Morgan fingerprint density at radius 2 is 2.17 bits per heavy atom. The Kier molecular flexibility index (Phi) is 3.46. The molecule has 2 heterocycles. The van der Waals surface area contributed by atoms with Crippen LogP contribution in [0.4, 0.5) is 0 Å². The summed E-state index contributed by atoms with van der Waals surface area (Å²) < 4.78 is 11.9. The van der Waals surface area contributed by atoms with Crippen molar-refractivity contribution in [3.63, 3.8) is 0 Å². The van der Waals surface area contributed by atoms with Crippen LogP contribution in [0, 0.1) is 0 Å². The Morgan fingerprint density at radius 3 is 2.94 bits per heavy atom. The zero-order valence-corrected chi connectivity index (χ0v) is 12.0. The number of hydrogen-bond donors (Lipinski definition) is 1. The van der Waals surface area contributed by atoms with Gasteiger partial charge in [-0.05, 0) is 24.6 Å². The third-order valence-corrected chi connectivity index (χ3v) is 4.13. The van der Waals surface area contributed by atoms with Gasteiger partial charge in [0.05, 0.1) is 0 Å². The van der Waals surface area contributed by atoms with Crippen molar-refractivity contribution in [2.75, 3.05) is 26.4 Å². The molecule has 4 nitrogen and oxygen atoms in total. The lowest BCUT2D eigenvalue weighted by Crippen LogP contribution is -2.48. The average Bonchev–Trinajstić information content (AvgIpc) is 2.76. The fourth-order valence-electron chi connectivity index (χ4n) is 2.48. The summed E-state index contributed by atoms with van der Waals surface area (Å²) in [6, 6.07) is 4.65. The molecule has 2 aliphatic rings. The van der Waals surface area contributed by atoms with E-state index in [9.17, 15) is 0 Å². The molecular formula is C13H17BrN2O2. The number of halogens is 1. The van der Waals surface area contributed by atoms with Gasteiger partial charge in [0, 0.05) is 36.7 Å². The van der Waals surface area contributed by atoms with Gasteiger partial charge in [0.1, 0.15) is 0 Å². The number of fused-ring (bicyclic) bond motifs is 1.